The second-order valence-electron chi connectivity index (χ2n) is 0.224. The average molecular weight is 124 g/mol. The Morgan fingerprint density at radius 1 is 1.00 bits per heavy atom. The van der Waals surface area contributed by atoms with Crippen LogP contribution in [0.3, 0.4) is 0 Å². The number of hydrogen-bond acceptors (Lipinski definition) is 3. The Morgan fingerprint density at radius 3 is 1.00 bits per heavy atom. The Kier molecular flexibility index (Phi) is 24.4. The summed E-state index contributed by atoms with van der Waals surface area (Å²) >= 11 is 0. The SMILES string of the molecule is O.[Al+3].[O-]P([O-])[O-]. The van der Waals surface area contributed by atoms with Gasteiger partial charge in [0, 0.05) is 0 Å². The van der Waals surface area contributed by atoms with Crippen LogP contribution in [0.2, 0.25) is 0 Å². The Morgan fingerprint density at radius 2 is 1.00 bits per heavy atom. The number of rotatable bonds is 0. The summed E-state index contributed by atoms with van der Waals surface area (Å²) in [6, 6.07) is 0. The van der Waals surface area contributed by atoms with Gasteiger partial charge in [-0.15, -0.1) is 0 Å². The van der Waals surface area contributed by atoms with E-state index < -0.39 is 8.60 Å². The van der Waals surface area contributed by atoms with Gasteiger partial charge >= 0.3 is 17.4 Å². The standard InChI is InChI=1S/Al.O3P.H2O/c;1-4(2)3;/h;;1H2/q+3;-3;. The molecule has 6 heteroatoms. The van der Waals surface area contributed by atoms with Crippen molar-refractivity contribution in [3.8, 4) is 0 Å². The van der Waals surface area contributed by atoms with Crippen LogP contribution in [0.25, 0.3) is 0 Å². The van der Waals surface area contributed by atoms with E-state index in [0.29, 0.717) is 0 Å². The van der Waals surface area contributed by atoms with Gasteiger partial charge in [0.15, 0.2) is 0 Å². The molecule has 4 nitrogen and oxygen atoms in total. The Bertz CT molecular complexity index is 12.3. The fraction of sp³-hybridized carbons (Fsp3) is 0. The molecule has 0 radical (unpaired) electrons. The molecule has 0 atom stereocenters. The van der Waals surface area contributed by atoms with Gasteiger partial charge < -0.3 is 28.8 Å². The Hall–Kier alpha value is 0.802. The van der Waals surface area contributed by atoms with Crippen molar-refractivity contribution in [1.29, 1.82) is 0 Å². The van der Waals surface area contributed by atoms with Crippen molar-refractivity contribution < 1.29 is 20.2 Å². The molecule has 0 rings (SSSR count). The third-order valence-electron chi connectivity index (χ3n) is 0. The van der Waals surface area contributed by atoms with Crippen molar-refractivity contribution in [2.24, 2.45) is 0 Å². The Balaban J connectivity index is -0.0000000450. The van der Waals surface area contributed by atoms with Gasteiger partial charge in [0.05, 0.1) is 0 Å². The van der Waals surface area contributed by atoms with Crippen molar-refractivity contribution in [2.45, 2.75) is 0 Å². The van der Waals surface area contributed by atoms with E-state index in [4.69, 9.17) is 14.7 Å². The molecule has 0 aliphatic rings. The first kappa shape index (κ1) is 15.8. The number of hydrogen-bond donors (Lipinski definition) is 0. The van der Waals surface area contributed by atoms with E-state index in [1.807, 2.05) is 0 Å². The molecule has 0 unspecified atom stereocenters. The zero-order valence-electron chi connectivity index (χ0n) is 2.75. The summed E-state index contributed by atoms with van der Waals surface area (Å²) in [6.45, 7) is 0. The summed E-state index contributed by atoms with van der Waals surface area (Å²) in [4.78, 5) is 25.4. The van der Waals surface area contributed by atoms with Crippen LogP contribution in [0.4, 0.5) is 0 Å². The van der Waals surface area contributed by atoms with Gasteiger partial charge in [-0.1, -0.05) is 0 Å². The molecule has 0 aromatic heterocycles. The molecular weight excluding hydrogens is 122 g/mol. The summed E-state index contributed by atoms with van der Waals surface area (Å²) in [5.41, 5.74) is 0. The van der Waals surface area contributed by atoms with Gasteiger partial charge in [-0.25, -0.2) is 0 Å². The van der Waals surface area contributed by atoms with Gasteiger partial charge in [-0.3, -0.25) is 0 Å². The van der Waals surface area contributed by atoms with Crippen LogP contribution in [0, 0.1) is 0 Å². The van der Waals surface area contributed by atoms with E-state index in [1.165, 1.54) is 0 Å². The molecule has 0 saturated heterocycles. The maximum Gasteiger partial charge on any atom is 3.00 e. The van der Waals surface area contributed by atoms with Crippen LogP contribution < -0.4 is 14.7 Å². The second-order valence-corrected chi connectivity index (χ2v) is 0.671. The van der Waals surface area contributed by atoms with E-state index in [9.17, 15) is 0 Å². The minimum Gasteiger partial charge on any atom is -0.854 e. The molecule has 0 fully saturated rings. The molecule has 0 spiro atoms. The molecule has 0 amide bonds. The average Bonchev–Trinajstić information content (AvgIpc) is 0.811. The van der Waals surface area contributed by atoms with Crippen LogP contribution in [0.1, 0.15) is 0 Å². The maximum absolute atomic E-state index is 8.48. The zero-order chi connectivity index (χ0) is 3.58. The first-order valence-electron chi connectivity index (χ1n) is 0.548. The van der Waals surface area contributed by atoms with E-state index in [-0.39, 0.29) is 22.8 Å². The molecule has 2 N–H and O–H groups in total. The zero-order valence-corrected chi connectivity index (χ0v) is 4.80. The topological polar surface area (TPSA) is 101 Å². The molecule has 0 aromatic carbocycles. The van der Waals surface area contributed by atoms with Gasteiger partial charge in [0.25, 0.3) is 0 Å². The summed E-state index contributed by atoms with van der Waals surface area (Å²) in [5.74, 6) is 0. The van der Waals surface area contributed by atoms with Gasteiger partial charge in [0.1, 0.15) is 0 Å². The first-order chi connectivity index (χ1) is 1.73. The van der Waals surface area contributed by atoms with Crippen LogP contribution in [-0.2, 0) is 0 Å². The van der Waals surface area contributed by atoms with E-state index in [0.717, 1.165) is 0 Å². The van der Waals surface area contributed by atoms with Gasteiger partial charge in [-0.05, 0) is 0 Å². The maximum atomic E-state index is 8.48. The quantitative estimate of drug-likeness (QED) is 0.243. The van der Waals surface area contributed by atoms with E-state index in [2.05, 4.69) is 0 Å². The fourth-order valence-electron chi connectivity index (χ4n) is 0. The van der Waals surface area contributed by atoms with E-state index in [1.54, 1.807) is 0 Å². The molecule has 34 valence electrons. The van der Waals surface area contributed by atoms with Crippen molar-refractivity contribution in [1.82, 2.24) is 0 Å². The minimum atomic E-state index is -3.37. The molecular formula is H2AlO4P. The third kappa shape index (κ3) is 108. The smallest absolute Gasteiger partial charge is 0.854 e. The summed E-state index contributed by atoms with van der Waals surface area (Å²) in [5, 5.41) is 0. The minimum absolute atomic E-state index is 0. The third-order valence-corrected chi connectivity index (χ3v) is 0. The monoisotopic (exact) mass is 124 g/mol. The predicted molar refractivity (Wildman–Crippen MR) is 16.3 cm³/mol. The van der Waals surface area contributed by atoms with Crippen molar-refractivity contribution in [2.75, 3.05) is 0 Å². The predicted octanol–water partition coefficient (Wildman–Crippen LogP) is -3.91. The first-order valence-corrected chi connectivity index (χ1v) is 1.64. The molecule has 6 heavy (non-hydrogen) atoms. The second kappa shape index (κ2) is 9.26. The molecule has 0 heterocycles. The van der Waals surface area contributed by atoms with Gasteiger partial charge in [-0.2, -0.15) is 0 Å². The normalized spacial score (nSPS) is 6.00. The fourth-order valence-corrected chi connectivity index (χ4v) is 0. The summed E-state index contributed by atoms with van der Waals surface area (Å²) in [7, 11) is -3.37. The van der Waals surface area contributed by atoms with Crippen LogP contribution in [-0.4, -0.2) is 22.8 Å². The molecule has 0 aliphatic carbocycles. The van der Waals surface area contributed by atoms with E-state index >= 15 is 0 Å². The molecule has 0 bridgehead atoms. The molecule has 0 aliphatic heterocycles. The van der Waals surface area contributed by atoms with Crippen molar-refractivity contribution >= 4 is 26.0 Å². The summed E-state index contributed by atoms with van der Waals surface area (Å²) in [6.07, 6.45) is 0. The van der Waals surface area contributed by atoms with Gasteiger partial charge in [0.2, 0.25) is 0 Å². The van der Waals surface area contributed by atoms with Crippen LogP contribution >= 0.6 is 8.60 Å². The largest absolute Gasteiger partial charge is 3.00 e. The Labute approximate surface area is 46.9 Å². The van der Waals surface area contributed by atoms with Crippen molar-refractivity contribution in [3.63, 3.8) is 0 Å². The van der Waals surface area contributed by atoms with Crippen LogP contribution in [0.5, 0.6) is 0 Å². The van der Waals surface area contributed by atoms with Crippen LogP contribution in [0.15, 0.2) is 0 Å². The van der Waals surface area contributed by atoms with Crippen molar-refractivity contribution in [3.05, 3.63) is 0 Å². The molecule has 0 aromatic rings. The molecule has 0 saturated carbocycles. The summed E-state index contributed by atoms with van der Waals surface area (Å²) < 4.78 is 0.